The smallest absolute Gasteiger partial charge is 0.135 e. The van der Waals surface area contributed by atoms with Crippen LogP contribution in [0.15, 0.2) is 18.2 Å². The molecule has 18 heavy (non-hydrogen) atoms. The predicted octanol–water partition coefficient (Wildman–Crippen LogP) is 2.69. The molecule has 0 aliphatic heterocycles. The van der Waals surface area contributed by atoms with Crippen molar-refractivity contribution in [3.8, 4) is 0 Å². The first-order chi connectivity index (χ1) is 8.66. The molecule has 1 rings (SSSR count). The average molecular weight is 270 g/mol. The number of anilines is 1. The summed E-state index contributed by atoms with van der Waals surface area (Å²) in [6.45, 7) is 1.54. The van der Waals surface area contributed by atoms with Gasteiger partial charge in [-0.2, -0.15) is 0 Å². The Balaban J connectivity index is 2.47. The summed E-state index contributed by atoms with van der Waals surface area (Å²) in [5.74, 6) is -0.383. The van der Waals surface area contributed by atoms with Crippen LogP contribution in [-0.4, -0.2) is 25.2 Å². The highest BCUT2D eigenvalue weighted by atomic mass is 32.1. The lowest BCUT2D eigenvalue weighted by atomic mass is 10.1. The van der Waals surface area contributed by atoms with Gasteiger partial charge < -0.3 is 15.8 Å². The largest absolute Gasteiger partial charge is 0.389 e. The summed E-state index contributed by atoms with van der Waals surface area (Å²) in [4.78, 5) is 0.0787. The van der Waals surface area contributed by atoms with E-state index in [9.17, 15) is 4.39 Å². The van der Waals surface area contributed by atoms with Crippen LogP contribution in [-0.2, 0) is 4.74 Å². The van der Waals surface area contributed by atoms with E-state index in [-0.39, 0.29) is 10.8 Å². The van der Waals surface area contributed by atoms with E-state index in [1.54, 1.807) is 19.2 Å². The topological polar surface area (TPSA) is 47.3 Å². The van der Waals surface area contributed by atoms with Gasteiger partial charge in [0.05, 0.1) is 5.56 Å². The molecule has 0 spiro atoms. The van der Waals surface area contributed by atoms with Crippen molar-refractivity contribution in [1.29, 1.82) is 0 Å². The molecule has 0 radical (unpaired) electrons. The number of hydrogen-bond donors (Lipinski definition) is 2. The quantitative estimate of drug-likeness (QED) is 0.563. The van der Waals surface area contributed by atoms with Gasteiger partial charge in [-0.05, 0) is 31.4 Å². The maximum absolute atomic E-state index is 13.6. The summed E-state index contributed by atoms with van der Waals surface area (Å²) in [5, 5.41) is 3.16. The van der Waals surface area contributed by atoms with Crippen molar-refractivity contribution in [2.45, 2.75) is 19.3 Å². The maximum Gasteiger partial charge on any atom is 0.135 e. The van der Waals surface area contributed by atoms with Gasteiger partial charge in [0.1, 0.15) is 10.8 Å². The first-order valence-electron chi connectivity index (χ1n) is 5.98. The highest BCUT2D eigenvalue weighted by molar-refractivity contribution is 7.80. The number of nitrogens with one attached hydrogen (secondary N) is 1. The van der Waals surface area contributed by atoms with Gasteiger partial charge in [-0.25, -0.2) is 4.39 Å². The molecule has 0 unspecified atom stereocenters. The molecule has 0 bridgehead atoms. The fourth-order valence-electron chi connectivity index (χ4n) is 1.69. The van der Waals surface area contributed by atoms with Crippen molar-refractivity contribution >= 4 is 22.9 Å². The molecule has 0 saturated heterocycles. The Morgan fingerprint density at radius 3 is 2.83 bits per heavy atom. The Labute approximate surface area is 113 Å². The maximum atomic E-state index is 13.6. The Morgan fingerprint density at radius 2 is 2.17 bits per heavy atom. The van der Waals surface area contributed by atoms with Gasteiger partial charge >= 0.3 is 0 Å². The van der Waals surface area contributed by atoms with Crippen LogP contribution in [0, 0.1) is 5.82 Å². The Kier molecular flexibility index (Phi) is 6.60. The van der Waals surface area contributed by atoms with Crippen molar-refractivity contribution < 1.29 is 9.13 Å². The Morgan fingerprint density at radius 1 is 1.39 bits per heavy atom. The molecule has 0 aromatic heterocycles. The van der Waals surface area contributed by atoms with E-state index in [1.165, 1.54) is 6.07 Å². The van der Waals surface area contributed by atoms with Crippen molar-refractivity contribution in [1.82, 2.24) is 0 Å². The van der Waals surface area contributed by atoms with E-state index in [4.69, 9.17) is 22.7 Å². The van der Waals surface area contributed by atoms with Crippen LogP contribution in [0.5, 0.6) is 0 Å². The van der Waals surface area contributed by atoms with E-state index >= 15 is 0 Å². The van der Waals surface area contributed by atoms with E-state index in [0.29, 0.717) is 11.3 Å². The monoisotopic (exact) mass is 270 g/mol. The normalized spacial score (nSPS) is 10.3. The third-order valence-electron chi connectivity index (χ3n) is 2.60. The number of benzene rings is 1. The van der Waals surface area contributed by atoms with Crippen LogP contribution < -0.4 is 11.1 Å². The van der Waals surface area contributed by atoms with Crippen molar-refractivity contribution in [2.75, 3.05) is 25.6 Å². The zero-order valence-electron chi connectivity index (χ0n) is 10.5. The number of nitrogens with two attached hydrogens (primary N) is 1. The second-order valence-electron chi connectivity index (χ2n) is 4.01. The van der Waals surface area contributed by atoms with Gasteiger partial charge in [0, 0.05) is 25.9 Å². The number of unbranched alkanes of at least 4 members (excludes halogenated alkanes) is 2. The van der Waals surface area contributed by atoms with Crippen molar-refractivity contribution in [3.05, 3.63) is 29.6 Å². The average Bonchev–Trinajstić information content (AvgIpc) is 2.33. The lowest BCUT2D eigenvalue weighted by molar-refractivity contribution is 0.192. The number of rotatable bonds is 8. The van der Waals surface area contributed by atoms with Crippen LogP contribution in [0.2, 0.25) is 0 Å². The van der Waals surface area contributed by atoms with Crippen LogP contribution in [0.3, 0.4) is 0 Å². The predicted molar refractivity (Wildman–Crippen MR) is 76.5 cm³/mol. The second kappa shape index (κ2) is 8.00. The summed E-state index contributed by atoms with van der Waals surface area (Å²) in [6, 6.07) is 4.79. The van der Waals surface area contributed by atoms with Gasteiger partial charge in [0.25, 0.3) is 0 Å². The summed E-state index contributed by atoms with van der Waals surface area (Å²) in [6.07, 6.45) is 3.10. The molecular weight excluding hydrogens is 251 g/mol. The minimum atomic E-state index is -0.383. The lowest BCUT2D eigenvalue weighted by Gasteiger charge is -2.11. The first kappa shape index (κ1) is 14.9. The molecule has 5 heteroatoms. The van der Waals surface area contributed by atoms with Crippen LogP contribution in [0.25, 0.3) is 0 Å². The molecule has 3 nitrogen and oxygen atoms in total. The molecule has 0 aliphatic rings. The third kappa shape index (κ3) is 4.58. The van der Waals surface area contributed by atoms with Crippen LogP contribution in [0.4, 0.5) is 10.1 Å². The van der Waals surface area contributed by atoms with Crippen molar-refractivity contribution in [2.24, 2.45) is 5.73 Å². The number of hydrogen-bond acceptors (Lipinski definition) is 3. The van der Waals surface area contributed by atoms with Crippen molar-refractivity contribution in [3.63, 3.8) is 0 Å². The van der Waals surface area contributed by atoms with Gasteiger partial charge in [-0.1, -0.05) is 18.3 Å². The molecule has 0 heterocycles. The summed E-state index contributed by atoms with van der Waals surface area (Å²) in [7, 11) is 1.69. The minimum Gasteiger partial charge on any atom is -0.389 e. The second-order valence-corrected chi connectivity index (χ2v) is 4.45. The third-order valence-corrected chi connectivity index (χ3v) is 2.80. The zero-order valence-corrected chi connectivity index (χ0v) is 11.4. The summed E-state index contributed by atoms with van der Waals surface area (Å²) >= 11 is 4.85. The zero-order chi connectivity index (χ0) is 13.4. The fourth-order valence-corrected chi connectivity index (χ4v) is 1.90. The fraction of sp³-hybridized carbons (Fsp3) is 0.462. The number of ether oxygens (including phenoxy) is 1. The van der Waals surface area contributed by atoms with E-state index in [1.807, 2.05) is 0 Å². The van der Waals surface area contributed by atoms with E-state index in [0.717, 1.165) is 32.4 Å². The molecule has 1 aromatic rings. The minimum absolute atomic E-state index is 0.0787. The summed E-state index contributed by atoms with van der Waals surface area (Å²) < 4.78 is 18.5. The summed E-state index contributed by atoms with van der Waals surface area (Å²) in [5.41, 5.74) is 6.48. The van der Waals surface area contributed by atoms with E-state index < -0.39 is 0 Å². The Bertz CT molecular complexity index is 399. The van der Waals surface area contributed by atoms with Crippen LogP contribution in [0.1, 0.15) is 24.8 Å². The molecule has 0 amide bonds. The molecule has 100 valence electrons. The molecule has 0 fully saturated rings. The molecule has 0 aliphatic carbocycles. The highest BCUT2D eigenvalue weighted by Gasteiger charge is 2.10. The van der Waals surface area contributed by atoms with Gasteiger partial charge in [0.15, 0.2) is 0 Å². The number of thiocarbonyl (C=S) groups is 1. The van der Waals surface area contributed by atoms with E-state index in [2.05, 4.69) is 5.32 Å². The highest BCUT2D eigenvalue weighted by Crippen LogP contribution is 2.18. The molecule has 3 N–H and O–H groups in total. The standard InChI is InChI=1S/C13H19FN2OS/c1-17-9-4-2-3-8-16-11-7-5-6-10(14)12(11)13(15)18/h5-7,16H,2-4,8-9H2,1H3,(H2,15,18). The number of methoxy groups -OCH3 is 1. The van der Waals surface area contributed by atoms with Gasteiger partial charge in [-0.3, -0.25) is 0 Å². The van der Waals surface area contributed by atoms with Gasteiger partial charge in [0.2, 0.25) is 0 Å². The Hall–Kier alpha value is -1.20. The molecule has 1 aromatic carbocycles. The van der Waals surface area contributed by atoms with Gasteiger partial charge in [-0.15, -0.1) is 0 Å². The molecular formula is C13H19FN2OS. The molecule has 0 saturated carbocycles. The first-order valence-corrected chi connectivity index (χ1v) is 6.38. The number of halogens is 1. The lowest BCUT2D eigenvalue weighted by Crippen LogP contribution is -2.15. The SMILES string of the molecule is COCCCCCNc1cccc(F)c1C(N)=S. The van der Waals surface area contributed by atoms with Crippen LogP contribution >= 0.6 is 12.2 Å². The molecule has 0 atom stereocenters.